The number of carbonyl (C=O) groups is 1. The van der Waals surface area contributed by atoms with Crippen LogP contribution in [-0.2, 0) is 11.3 Å². The van der Waals surface area contributed by atoms with Crippen LogP contribution in [0.4, 0.5) is 5.69 Å². The van der Waals surface area contributed by atoms with Gasteiger partial charge in [-0.25, -0.2) is 0 Å². The van der Waals surface area contributed by atoms with E-state index in [2.05, 4.69) is 34.1 Å². The number of pyridine rings is 1. The first kappa shape index (κ1) is 14.9. The number of amides is 1. The van der Waals surface area contributed by atoms with Crippen molar-refractivity contribution in [2.24, 2.45) is 0 Å². The van der Waals surface area contributed by atoms with E-state index in [0.717, 1.165) is 16.8 Å². The molecule has 114 valence electrons. The summed E-state index contributed by atoms with van der Waals surface area (Å²) in [5.41, 5.74) is 3.40. The van der Waals surface area contributed by atoms with Crippen molar-refractivity contribution < 1.29 is 4.79 Å². The topological polar surface area (TPSA) is 36.4 Å². The molecule has 1 atom stereocenters. The van der Waals surface area contributed by atoms with Gasteiger partial charge >= 0.3 is 0 Å². The standard InChI is InChI=1S/C17H19N3OS/c1-19(2)15-7-5-13(6-8-15)11-20-16(21)12-22-17(20)14-4-3-9-18-10-14/h3-10,17H,11-12H2,1-2H3. The summed E-state index contributed by atoms with van der Waals surface area (Å²) in [5.74, 6) is 0.727. The number of benzene rings is 1. The molecule has 5 heteroatoms. The zero-order valence-corrected chi connectivity index (χ0v) is 13.6. The fourth-order valence-electron chi connectivity index (χ4n) is 2.52. The Morgan fingerprint density at radius 1 is 1.27 bits per heavy atom. The maximum absolute atomic E-state index is 12.2. The van der Waals surface area contributed by atoms with Crippen LogP contribution in [0.3, 0.4) is 0 Å². The number of nitrogens with zero attached hydrogens (tertiary/aromatic N) is 3. The highest BCUT2D eigenvalue weighted by molar-refractivity contribution is 8.00. The highest BCUT2D eigenvalue weighted by atomic mass is 32.2. The molecule has 1 aliphatic rings. The van der Waals surface area contributed by atoms with E-state index < -0.39 is 0 Å². The summed E-state index contributed by atoms with van der Waals surface area (Å²) < 4.78 is 0. The van der Waals surface area contributed by atoms with Crippen molar-refractivity contribution in [1.82, 2.24) is 9.88 Å². The van der Waals surface area contributed by atoms with Gasteiger partial charge in [0.25, 0.3) is 0 Å². The summed E-state index contributed by atoms with van der Waals surface area (Å²) in [6, 6.07) is 12.3. The van der Waals surface area contributed by atoms with Crippen LogP contribution in [0.25, 0.3) is 0 Å². The molecule has 0 radical (unpaired) electrons. The van der Waals surface area contributed by atoms with E-state index in [0.29, 0.717) is 12.3 Å². The number of hydrogen-bond donors (Lipinski definition) is 0. The first-order valence-corrected chi connectivity index (χ1v) is 8.27. The highest BCUT2D eigenvalue weighted by Crippen LogP contribution is 2.39. The summed E-state index contributed by atoms with van der Waals surface area (Å²) in [5, 5.41) is 0.0646. The van der Waals surface area contributed by atoms with E-state index in [4.69, 9.17) is 0 Å². The second-order valence-corrected chi connectivity index (χ2v) is 6.60. The highest BCUT2D eigenvalue weighted by Gasteiger charge is 2.32. The molecule has 3 rings (SSSR count). The van der Waals surface area contributed by atoms with Crippen molar-refractivity contribution in [3.8, 4) is 0 Å². The molecule has 0 aliphatic carbocycles. The van der Waals surface area contributed by atoms with Crippen LogP contribution < -0.4 is 4.90 Å². The maximum Gasteiger partial charge on any atom is 0.234 e. The Bertz CT molecular complexity index is 643. The lowest BCUT2D eigenvalue weighted by molar-refractivity contribution is -0.128. The monoisotopic (exact) mass is 313 g/mol. The molecule has 1 saturated heterocycles. The minimum atomic E-state index is 0.0646. The molecule has 0 N–H and O–H groups in total. The molecule has 1 fully saturated rings. The Labute approximate surface area is 135 Å². The molecule has 4 nitrogen and oxygen atoms in total. The molecular formula is C17H19N3OS. The van der Waals surface area contributed by atoms with Crippen LogP contribution in [0.1, 0.15) is 16.5 Å². The van der Waals surface area contributed by atoms with E-state index >= 15 is 0 Å². The average molecular weight is 313 g/mol. The molecule has 1 amide bonds. The lowest BCUT2D eigenvalue weighted by atomic mass is 10.1. The Balaban J connectivity index is 1.78. The Hall–Kier alpha value is -2.01. The van der Waals surface area contributed by atoms with E-state index in [9.17, 15) is 4.79 Å². The van der Waals surface area contributed by atoms with E-state index in [-0.39, 0.29) is 11.3 Å². The van der Waals surface area contributed by atoms with Gasteiger partial charge in [-0.2, -0.15) is 0 Å². The van der Waals surface area contributed by atoms with Crippen LogP contribution in [0.2, 0.25) is 0 Å². The van der Waals surface area contributed by atoms with Crippen LogP contribution in [0, 0.1) is 0 Å². The van der Waals surface area contributed by atoms with E-state index in [1.165, 1.54) is 0 Å². The SMILES string of the molecule is CN(C)c1ccc(CN2C(=O)CSC2c2cccnc2)cc1. The summed E-state index contributed by atoms with van der Waals surface area (Å²) in [7, 11) is 4.04. The molecule has 1 aliphatic heterocycles. The molecule has 0 bridgehead atoms. The van der Waals surface area contributed by atoms with Crippen molar-refractivity contribution in [3.05, 3.63) is 59.9 Å². The zero-order valence-electron chi connectivity index (χ0n) is 12.8. The smallest absolute Gasteiger partial charge is 0.234 e. The van der Waals surface area contributed by atoms with Crippen LogP contribution in [0.5, 0.6) is 0 Å². The van der Waals surface area contributed by atoms with Gasteiger partial charge in [-0.1, -0.05) is 18.2 Å². The first-order valence-electron chi connectivity index (χ1n) is 7.22. The van der Waals surface area contributed by atoms with E-state index in [1.54, 1.807) is 18.0 Å². The van der Waals surface area contributed by atoms with Gasteiger partial charge in [-0.15, -0.1) is 11.8 Å². The Morgan fingerprint density at radius 3 is 2.68 bits per heavy atom. The molecule has 1 unspecified atom stereocenters. The van der Waals surface area contributed by atoms with Crippen molar-refractivity contribution in [2.75, 3.05) is 24.7 Å². The number of rotatable bonds is 4. The third-order valence-electron chi connectivity index (χ3n) is 3.74. The predicted molar refractivity (Wildman–Crippen MR) is 90.8 cm³/mol. The van der Waals surface area contributed by atoms with Crippen molar-refractivity contribution in [1.29, 1.82) is 0 Å². The van der Waals surface area contributed by atoms with Gasteiger partial charge < -0.3 is 9.80 Å². The predicted octanol–water partition coefficient (Wildman–Crippen LogP) is 2.92. The quantitative estimate of drug-likeness (QED) is 0.869. The minimum Gasteiger partial charge on any atom is -0.378 e. The largest absolute Gasteiger partial charge is 0.378 e. The number of thioether (sulfide) groups is 1. The molecule has 2 heterocycles. The third kappa shape index (κ3) is 3.09. The van der Waals surface area contributed by atoms with E-state index in [1.807, 2.05) is 37.3 Å². The van der Waals surface area contributed by atoms with Gasteiger partial charge in [-0.3, -0.25) is 9.78 Å². The van der Waals surface area contributed by atoms with Gasteiger partial charge in [0.2, 0.25) is 5.91 Å². The Morgan fingerprint density at radius 2 is 2.05 bits per heavy atom. The average Bonchev–Trinajstić information content (AvgIpc) is 2.90. The molecule has 0 saturated carbocycles. The number of hydrogen-bond acceptors (Lipinski definition) is 4. The fourth-order valence-corrected chi connectivity index (χ4v) is 3.69. The van der Waals surface area contributed by atoms with Gasteiger partial charge in [0.05, 0.1) is 5.75 Å². The second kappa shape index (κ2) is 6.40. The lowest BCUT2D eigenvalue weighted by Crippen LogP contribution is -2.27. The van der Waals surface area contributed by atoms with Gasteiger partial charge in [0.15, 0.2) is 0 Å². The number of carbonyl (C=O) groups excluding carboxylic acids is 1. The molecule has 0 spiro atoms. The minimum absolute atomic E-state index is 0.0646. The number of anilines is 1. The fraction of sp³-hybridized carbons (Fsp3) is 0.294. The first-order chi connectivity index (χ1) is 10.6. The van der Waals surface area contributed by atoms with Crippen LogP contribution in [-0.4, -0.2) is 35.6 Å². The summed E-state index contributed by atoms with van der Waals surface area (Å²) in [4.78, 5) is 20.4. The summed E-state index contributed by atoms with van der Waals surface area (Å²) in [6.45, 7) is 0.638. The van der Waals surface area contributed by atoms with Gasteiger partial charge in [0, 0.05) is 44.3 Å². The lowest BCUT2D eigenvalue weighted by Gasteiger charge is -2.24. The van der Waals surface area contributed by atoms with Crippen molar-refractivity contribution in [2.45, 2.75) is 11.9 Å². The van der Waals surface area contributed by atoms with Crippen molar-refractivity contribution >= 4 is 23.4 Å². The van der Waals surface area contributed by atoms with Crippen LogP contribution >= 0.6 is 11.8 Å². The number of aromatic nitrogens is 1. The molecule has 2 aromatic rings. The van der Waals surface area contributed by atoms with Crippen molar-refractivity contribution in [3.63, 3.8) is 0 Å². The molecule has 22 heavy (non-hydrogen) atoms. The van der Waals surface area contributed by atoms with Gasteiger partial charge in [-0.05, 0) is 23.8 Å². The zero-order chi connectivity index (χ0) is 15.5. The van der Waals surface area contributed by atoms with Crippen LogP contribution in [0.15, 0.2) is 48.8 Å². The summed E-state index contributed by atoms with van der Waals surface area (Å²) in [6.07, 6.45) is 3.60. The third-order valence-corrected chi connectivity index (χ3v) is 5.00. The Kier molecular flexibility index (Phi) is 4.34. The second-order valence-electron chi connectivity index (χ2n) is 5.53. The molecule has 1 aromatic carbocycles. The van der Waals surface area contributed by atoms with Gasteiger partial charge in [0.1, 0.15) is 5.37 Å². The normalized spacial score (nSPS) is 17.8. The summed E-state index contributed by atoms with van der Waals surface area (Å²) >= 11 is 1.67. The molecule has 1 aromatic heterocycles. The molecular weight excluding hydrogens is 294 g/mol. The maximum atomic E-state index is 12.2.